The van der Waals surface area contributed by atoms with Crippen LogP contribution in [-0.2, 0) is 0 Å². The molecule has 2 aromatic rings. The third-order valence-electron chi connectivity index (χ3n) is 2.85. The van der Waals surface area contributed by atoms with Crippen LogP contribution in [0.4, 0.5) is 0 Å². The average molecular weight is 240 g/mol. The molecule has 0 unspecified atom stereocenters. The summed E-state index contributed by atoms with van der Waals surface area (Å²) >= 11 is 0. The van der Waals surface area contributed by atoms with Gasteiger partial charge in [0.25, 0.3) is 0 Å². The van der Waals surface area contributed by atoms with Crippen molar-refractivity contribution in [2.75, 3.05) is 0 Å². The van der Waals surface area contributed by atoms with E-state index in [4.69, 9.17) is 0 Å². The van der Waals surface area contributed by atoms with Crippen LogP contribution in [0.3, 0.4) is 0 Å². The van der Waals surface area contributed by atoms with E-state index in [0.29, 0.717) is 0 Å². The van der Waals surface area contributed by atoms with Gasteiger partial charge in [-0.25, -0.2) is 0 Å². The van der Waals surface area contributed by atoms with Crippen molar-refractivity contribution in [2.24, 2.45) is 0 Å². The largest absolute Gasteiger partial charge is 0.0866 e. The molecule has 2 rings (SSSR count). The van der Waals surface area contributed by atoms with Gasteiger partial charge >= 0.3 is 0 Å². The van der Waals surface area contributed by atoms with Crippen LogP contribution in [0.1, 0.15) is 5.56 Å². The van der Waals surface area contributed by atoms with Crippen LogP contribution in [0.5, 0.6) is 0 Å². The van der Waals surface area contributed by atoms with E-state index in [1.165, 1.54) is 22.4 Å². The summed E-state index contributed by atoms with van der Waals surface area (Å²) in [7, 11) is -0.965. The van der Waals surface area contributed by atoms with Gasteiger partial charge in [-0.3, -0.25) is 0 Å². The highest BCUT2D eigenvalue weighted by atomic mass is 28.3. The normalized spacial score (nSPS) is 12.4. The summed E-state index contributed by atoms with van der Waals surface area (Å²) < 4.78 is 0. The first-order chi connectivity index (χ1) is 8.06. The zero-order valence-electron chi connectivity index (χ0n) is 10.9. The molecule has 0 heterocycles. The Morgan fingerprint density at radius 1 is 0.941 bits per heavy atom. The number of fused-ring (bicyclic) bond motifs is 1. The van der Waals surface area contributed by atoms with Crippen LogP contribution in [0.2, 0.25) is 25.7 Å². The summed E-state index contributed by atoms with van der Waals surface area (Å²) in [6, 6.07) is 16.3. The molecule has 0 fully saturated rings. The Bertz CT molecular complexity index is 527. The van der Waals surface area contributed by atoms with Gasteiger partial charge in [0.15, 0.2) is 0 Å². The molecule has 0 aliphatic heterocycles. The van der Waals surface area contributed by atoms with Gasteiger partial charge in [0.05, 0.1) is 0 Å². The summed E-state index contributed by atoms with van der Waals surface area (Å²) in [6.07, 6.45) is 4.62. The highest BCUT2D eigenvalue weighted by Gasteiger charge is 2.09. The summed E-state index contributed by atoms with van der Waals surface area (Å²) in [5, 5.41) is 2.67. The van der Waals surface area contributed by atoms with E-state index in [1.54, 1.807) is 0 Å². The second-order valence-electron chi connectivity index (χ2n) is 5.74. The van der Waals surface area contributed by atoms with Crippen molar-refractivity contribution in [3.63, 3.8) is 0 Å². The van der Waals surface area contributed by atoms with Crippen molar-refractivity contribution < 1.29 is 0 Å². The van der Waals surface area contributed by atoms with Gasteiger partial charge in [0.2, 0.25) is 0 Å². The molecule has 0 aliphatic carbocycles. The number of rotatable bonds is 3. The molecule has 0 saturated carbocycles. The Kier molecular flexibility index (Phi) is 3.48. The maximum atomic E-state index is 2.40. The Morgan fingerprint density at radius 2 is 1.65 bits per heavy atom. The maximum absolute atomic E-state index is 2.40. The zero-order valence-corrected chi connectivity index (χ0v) is 11.9. The first kappa shape index (κ1) is 12.1. The predicted octanol–water partition coefficient (Wildman–Crippen LogP) is 5.19. The van der Waals surface area contributed by atoms with E-state index >= 15 is 0 Å². The molecular weight excluding hydrogens is 220 g/mol. The number of hydrogen-bond acceptors (Lipinski definition) is 0. The molecule has 2 aromatic carbocycles. The van der Waals surface area contributed by atoms with Crippen molar-refractivity contribution in [3.05, 3.63) is 54.1 Å². The van der Waals surface area contributed by atoms with Crippen LogP contribution in [-0.4, -0.2) is 8.07 Å². The lowest BCUT2D eigenvalue weighted by Crippen LogP contribution is -2.17. The van der Waals surface area contributed by atoms with Crippen molar-refractivity contribution >= 4 is 24.9 Å². The van der Waals surface area contributed by atoms with E-state index in [-0.39, 0.29) is 0 Å². The molecule has 0 bridgehead atoms. The quantitative estimate of drug-likeness (QED) is 0.648. The van der Waals surface area contributed by atoms with Crippen molar-refractivity contribution in [2.45, 2.75) is 25.7 Å². The van der Waals surface area contributed by atoms with Gasteiger partial charge in [0, 0.05) is 8.07 Å². The first-order valence-corrected chi connectivity index (χ1v) is 9.91. The van der Waals surface area contributed by atoms with E-state index in [9.17, 15) is 0 Å². The van der Waals surface area contributed by atoms with Gasteiger partial charge in [-0.15, -0.1) is 0 Å². The smallest absolute Gasteiger partial charge is 0.0480 e. The molecule has 88 valence electrons. The van der Waals surface area contributed by atoms with Gasteiger partial charge in [0.1, 0.15) is 0 Å². The Labute approximate surface area is 105 Å². The molecule has 0 radical (unpaired) electrons. The van der Waals surface area contributed by atoms with Crippen molar-refractivity contribution in [1.82, 2.24) is 0 Å². The monoisotopic (exact) mass is 240 g/mol. The minimum Gasteiger partial charge on any atom is -0.0866 e. The minimum atomic E-state index is -0.965. The van der Waals surface area contributed by atoms with Gasteiger partial charge in [-0.2, -0.15) is 0 Å². The van der Waals surface area contributed by atoms with Crippen LogP contribution < -0.4 is 0 Å². The Hall–Kier alpha value is -1.34. The molecule has 17 heavy (non-hydrogen) atoms. The highest BCUT2D eigenvalue weighted by molar-refractivity contribution is 6.76. The summed E-state index contributed by atoms with van der Waals surface area (Å²) in [6.45, 7) is 7.21. The van der Waals surface area contributed by atoms with Crippen LogP contribution in [0, 0.1) is 0 Å². The molecule has 0 aromatic heterocycles. The molecule has 0 amide bonds. The van der Waals surface area contributed by atoms with Gasteiger partial charge < -0.3 is 0 Å². The molecular formula is C16H20Si. The second kappa shape index (κ2) is 4.88. The van der Waals surface area contributed by atoms with E-state index in [1.807, 2.05) is 0 Å². The van der Waals surface area contributed by atoms with Crippen LogP contribution in [0.15, 0.2) is 48.5 Å². The second-order valence-corrected chi connectivity index (χ2v) is 11.3. The standard InChI is InChI=1S/C16H20Si/c1-17(2,3)13-7-11-15-10-6-9-14-8-4-5-12-16(14)15/h4-12H,13H2,1-3H3. The topological polar surface area (TPSA) is 0 Å². The zero-order chi connectivity index (χ0) is 12.3. The van der Waals surface area contributed by atoms with E-state index < -0.39 is 8.07 Å². The molecule has 0 atom stereocenters. The maximum Gasteiger partial charge on any atom is 0.0480 e. The third kappa shape index (κ3) is 3.30. The molecule has 1 heteroatoms. The van der Waals surface area contributed by atoms with Crippen LogP contribution in [0.25, 0.3) is 16.8 Å². The lowest BCUT2D eigenvalue weighted by molar-refractivity contribution is 1.52. The fourth-order valence-corrected chi connectivity index (χ4v) is 2.76. The predicted molar refractivity (Wildman–Crippen MR) is 81.1 cm³/mol. The Morgan fingerprint density at radius 3 is 2.41 bits per heavy atom. The summed E-state index contributed by atoms with van der Waals surface area (Å²) in [5.74, 6) is 0. The molecule has 0 aliphatic rings. The lowest BCUT2D eigenvalue weighted by Gasteiger charge is -2.11. The van der Waals surface area contributed by atoms with Gasteiger partial charge in [-0.1, -0.05) is 74.3 Å². The third-order valence-corrected chi connectivity index (χ3v) is 4.31. The number of hydrogen-bond donors (Lipinski definition) is 0. The molecule has 0 N–H and O–H groups in total. The summed E-state index contributed by atoms with van der Waals surface area (Å²) in [4.78, 5) is 0. The Balaban J connectivity index is 2.30. The molecule has 0 spiro atoms. The summed E-state index contributed by atoms with van der Waals surface area (Å²) in [5.41, 5.74) is 1.33. The van der Waals surface area contributed by atoms with Crippen LogP contribution >= 0.6 is 0 Å². The SMILES string of the molecule is C[Si](C)(C)CC=Cc1cccc2ccccc12. The highest BCUT2D eigenvalue weighted by Crippen LogP contribution is 2.20. The number of benzene rings is 2. The van der Waals surface area contributed by atoms with E-state index in [0.717, 1.165) is 0 Å². The fraction of sp³-hybridized carbons (Fsp3) is 0.250. The average Bonchev–Trinajstić information content (AvgIpc) is 2.28. The lowest BCUT2D eigenvalue weighted by atomic mass is 10.0. The van der Waals surface area contributed by atoms with Crippen molar-refractivity contribution in [3.8, 4) is 0 Å². The molecule has 0 saturated heterocycles. The minimum absolute atomic E-state index is 0.965. The molecule has 0 nitrogen and oxygen atoms in total. The number of allylic oxidation sites excluding steroid dienone is 1. The van der Waals surface area contributed by atoms with E-state index in [2.05, 4.69) is 74.3 Å². The first-order valence-electron chi connectivity index (χ1n) is 6.21. The fourth-order valence-electron chi connectivity index (χ4n) is 1.94. The van der Waals surface area contributed by atoms with Crippen molar-refractivity contribution in [1.29, 1.82) is 0 Å². The van der Waals surface area contributed by atoms with Gasteiger partial charge in [-0.05, 0) is 22.4 Å².